The van der Waals surface area contributed by atoms with Gasteiger partial charge in [-0.2, -0.15) is 0 Å². The Morgan fingerprint density at radius 2 is 0.759 bits per heavy atom. The molecule has 4 nitrogen and oxygen atoms in total. The summed E-state index contributed by atoms with van der Waals surface area (Å²) in [6.45, 7) is 0. The highest BCUT2D eigenvalue weighted by Gasteiger charge is 2.25. The van der Waals surface area contributed by atoms with Crippen molar-refractivity contribution in [3.8, 4) is 62.1 Å². The van der Waals surface area contributed by atoms with Gasteiger partial charge in [0.05, 0.1) is 5.52 Å². The van der Waals surface area contributed by atoms with Crippen molar-refractivity contribution in [2.75, 3.05) is 4.90 Å². The summed E-state index contributed by atoms with van der Waals surface area (Å²) in [4.78, 5) is 2.30. The first-order chi connectivity index (χ1) is 28.7. The molecule has 10 aromatic rings. The van der Waals surface area contributed by atoms with E-state index in [1.54, 1.807) is 0 Å². The molecular formula is C54H36N2O2. The molecule has 1 aliphatic heterocycles. The van der Waals surface area contributed by atoms with Gasteiger partial charge in [0, 0.05) is 33.5 Å². The molecule has 0 amide bonds. The highest BCUT2D eigenvalue weighted by Crippen LogP contribution is 2.51. The molecule has 0 atom stereocenters. The van der Waals surface area contributed by atoms with Crippen LogP contribution in [0.2, 0.25) is 0 Å². The van der Waals surface area contributed by atoms with Crippen LogP contribution in [-0.4, -0.2) is 4.57 Å². The van der Waals surface area contributed by atoms with Crippen LogP contribution >= 0.6 is 0 Å². The molecule has 0 fully saturated rings. The lowest BCUT2D eigenvalue weighted by Crippen LogP contribution is -2.09. The first-order valence-corrected chi connectivity index (χ1v) is 19.6. The third kappa shape index (κ3) is 5.87. The molecule has 2 heterocycles. The van der Waals surface area contributed by atoms with Gasteiger partial charge in [-0.3, -0.25) is 0 Å². The molecule has 11 rings (SSSR count). The molecule has 0 radical (unpaired) electrons. The standard InChI is InChI=1S/C54H36N2O2/c1-3-11-37(12-4-1)40-23-29-44(30-24-40)55(43-13-5-2-6-14-43)45-31-25-41(26-32-45)38-19-21-39(22-20-38)42-27-33-46(34-28-42)56-49-16-8-7-15-47(49)48-35-36-52-54(53(48)56)58-51-18-10-9-17-50(51)57-52/h1-36H. The number of rotatable bonds is 7. The summed E-state index contributed by atoms with van der Waals surface area (Å²) in [5, 5.41) is 2.29. The second-order valence-electron chi connectivity index (χ2n) is 14.5. The number of anilines is 3. The highest BCUT2D eigenvalue weighted by atomic mass is 16.6. The van der Waals surface area contributed by atoms with Crippen LogP contribution in [-0.2, 0) is 0 Å². The fraction of sp³-hybridized carbons (Fsp3) is 0. The van der Waals surface area contributed by atoms with Crippen LogP contribution in [0.25, 0.3) is 60.9 Å². The van der Waals surface area contributed by atoms with E-state index in [-0.39, 0.29) is 0 Å². The molecule has 9 aromatic carbocycles. The monoisotopic (exact) mass is 744 g/mol. The zero-order valence-corrected chi connectivity index (χ0v) is 31.5. The van der Waals surface area contributed by atoms with Gasteiger partial charge in [-0.25, -0.2) is 0 Å². The van der Waals surface area contributed by atoms with Gasteiger partial charge in [0.15, 0.2) is 23.0 Å². The Balaban J connectivity index is 0.877. The third-order valence-electron chi connectivity index (χ3n) is 11.1. The Morgan fingerprint density at radius 3 is 1.36 bits per heavy atom. The first-order valence-electron chi connectivity index (χ1n) is 19.6. The fourth-order valence-electron chi connectivity index (χ4n) is 8.22. The highest BCUT2D eigenvalue weighted by molar-refractivity contribution is 6.12. The number of ether oxygens (including phenoxy) is 2. The number of fused-ring (bicyclic) bond motifs is 6. The van der Waals surface area contributed by atoms with Crippen LogP contribution in [0.15, 0.2) is 218 Å². The normalized spacial score (nSPS) is 11.7. The summed E-state index contributed by atoms with van der Waals surface area (Å²) in [5.74, 6) is 2.88. The Hall–Kier alpha value is -7.82. The van der Waals surface area contributed by atoms with Crippen molar-refractivity contribution in [1.82, 2.24) is 4.57 Å². The van der Waals surface area contributed by atoms with E-state index in [0.29, 0.717) is 11.5 Å². The van der Waals surface area contributed by atoms with Gasteiger partial charge >= 0.3 is 0 Å². The maximum absolute atomic E-state index is 6.55. The van der Waals surface area contributed by atoms with Crippen molar-refractivity contribution in [2.45, 2.75) is 0 Å². The van der Waals surface area contributed by atoms with Gasteiger partial charge in [0.1, 0.15) is 5.52 Å². The molecular weight excluding hydrogens is 709 g/mol. The minimum absolute atomic E-state index is 0.712. The number of hydrogen-bond acceptors (Lipinski definition) is 3. The van der Waals surface area contributed by atoms with Crippen LogP contribution in [0.1, 0.15) is 0 Å². The molecule has 0 aliphatic carbocycles. The van der Waals surface area contributed by atoms with Crippen molar-refractivity contribution in [2.24, 2.45) is 0 Å². The summed E-state index contributed by atoms with van der Waals surface area (Å²) in [5.41, 5.74) is 13.6. The topological polar surface area (TPSA) is 26.6 Å². The molecule has 0 unspecified atom stereocenters. The molecule has 4 heteroatoms. The maximum Gasteiger partial charge on any atom is 0.194 e. The quantitative estimate of drug-likeness (QED) is 0.163. The van der Waals surface area contributed by atoms with Gasteiger partial charge < -0.3 is 18.9 Å². The molecule has 274 valence electrons. The number of hydrogen-bond donors (Lipinski definition) is 0. The van der Waals surface area contributed by atoms with Gasteiger partial charge in [-0.15, -0.1) is 0 Å². The average Bonchev–Trinajstić information content (AvgIpc) is 3.65. The lowest BCUT2D eigenvalue weighted by Gasteiger charge is -2.26. The summed E-state index contributed by atoms with van der Waals surface area (Å²) in [7, 11) is 0. The van der Waals surface area contributed by atoms with E-state index in [0.717, 1.165) is 61.8 Å². The maximum atomic E-state index is 6.55. The fourth-order valence-corrected chi connectivity index (χ4v) is 8.22. The van der Waals surface area contributed by atoms with Crippen molar-refractivity contribution in [3.05, 3.63) is 218 Å². The molecule has 0 saturated heterocycles. The summed E-state index contributed by atoms with van der Waals surface area (Å²) < 4.78 is 15.2. The van der Waals surface area contributed by atoms with Crippen molar-refractivity contribution < 1.29 is 9.47 Å². The second kappa shape index (κ2) is 14.0. The van der Waals surface area contributed by atoms with E-state index in [1.165, 1.54) is 27.6 Å². The van der Waals surface area contributed by atoms with Crippen LogP contribution in [0.3, 0.4) is 0 Å². The molecule has 0 N–H and O–H groups in total. The first kappa shape index (κ1) is 33.5. The predicted molar refractivity (Wildman–Crippen MR) is 238 cm³/mol. The molecule has 1 aliphatic rings. The second-order valence-corrected chi connectivity index (χ2v) is 14.5. The van der Waals surface area contributed by atoms with Crippen LogP contribution in [0.4, 0.5) is 17.1 Å². The zero-order chi connectivity index (χ0) is 38.4. The Kier molecular flexibility index (Phi) is 8.11. The predicted octanol–water partition coefficient (Wildman–Crippen LogP) is 15.2. The third-order valence-corrected chi connectivity index (χ3v) is 11.1. The van der Waals surface area contributed by atoms with Crippen LogP contribution in [0.5, 0.6) is 23.0 Å². The van der Waals surface area contributed by atoms with Crippen molar-refractivity contribution >= 4 is 38.9 Å². The number of nitrogens with zero attached hydrogens (tertiary/aromatic N) is 2. The minimum Gasteiger partial charge on any atom is -0.449 e. The van der Waals surface area contributed by atoms with E-state index in [9.17, 15) is 0 Å². The van der Waals surface area contributed by atoms with Gasteiger partial charge in [-0.1, -0.05) is 140 Å². The summed E-state index contributed by atoms with van der Waals surface area (Å²) in [6, 6.07) is 76.8. The van der Waals surface area contributed by atoms with Crippen LogP contribution in [0, 0.1) is 0 Å². The van der Waals surface area contributed by atoms with E-state index >= 15 is 0 Å². The van der Waals surface area contributed by atoms with Gasteiger partial charge in [0.25, 0.3) is 0 Å². The minimum atomic E-state index is 0.712. The van der Waals surface area contributed by atoms with E-state index in [4.69, 9.17) is 9.47 Å². The molecule has 0 saturated carbocycles. The van der Waals surface area contributed by atoms with Gasteiger partial charge in [0.2, 0.25) is 0 Å². The number of benzene rings is 9. The SMILES string of the molecule is c1ccc(-c2ccc(N(c3ccccc3)c3ccc(-c4ccc(-c5ccc(-n6c7ccccc7c7ccc8c(c76)Oc6ccccc6O8)cc5)cc4)cc3)cc2)cc1. The van der Waals surface area contributed by atoms with Crippen molar-refractivity contribution in [3.63, 3.8) is 0 Å². The van der Waals surface area contributed by atoms with E-state index in [2.05, 4.69) is 198 Å². The smallest absolute Gasteiger partial charge is 0.194 e. The average molecular weight is 745 g/mol. The summed E-state index contributed by atoms with van der Waals surface area (Å²) in [6.07, 6.45) is 0. The Labute approximate surface area is 337 Å². The lowest BCUT2D eigenvalue weighted by molar-refractivity contribution is 0.362. The zero-order valence-electron chi connectivity index (χ0n) is 31.5. The molecule has 0 spiro atoms. The Bertz CT molecular complexity index is 3060. The molecule has 0 bridgehead atoms. The van der Waals surface area contributed by atoms with E-state index in [1.807, 2.05) is 30.3 Å². The number of aromatic nitrogens is 1. The molecule has 58 heavy (non-hydrogen) atoms. The van der Waals surface area contributed by atoms with E-state index < -0.39 is 0 Å². The lowest BCUT2D eigenvalue weighted by atomic mass is 9.99. The Morgan fingerprint density at radius 1 is 0.310 bits per heavy atom. The van der Waals surface area contributed by atoms with Crippen LogP contribution < -0.4 is 14.4 Å². The van der Waals surface area contributed by atoms with Gasteiger partial charge in [-0.05, 0) is 112 Å². The number of para-hydroxylation sites is 4. The summed E-state index contributed by atoms with van der Waals surface area (Å²) >= 11 is 0. The molecule has 1 aromatic heterocycles. The largest absolute Gasteiger partial charge is 0.449 e. The van der Waals surface area contributed by atoms with Crippen molar-refractivity contribution in [1.29, 1.82) is 0 Å².